The number of anilines is 2. The van der Waals surface area contributed by atoms with Gasteiger partial charge in [0.1, 0.15) is 6.17 Å². The first kappa shape index (κ1) is 25.7. The summed E-state index contributed by atoms with van der Waals surface area (Å²) in [7, 11) is 3.38. The number of para-hydroxylation sites is 1. The molecule has 2 aliphatic rings. The maximum absolute atomic E-state index is 14.3. The summed E-state index contributed by atoms with van der Waals surface area (Å²) in [6.45, 7) is 1.52. The molecule has 1 unspecified atom stereocenters. The predicted molar refractivity (Wildman–Crippen MR) is 145 cm³/mol. The maximum Gasteiger partial charge on any atom is 0.317 e. The van der Waals surface area contributed by atoms with Crippen LogP contribution in [-0.2, 0) is 13.5 Å². The molecule has 0 spiro atoms. The van der Waals surface area contributed by atoms with Gasteiger partial charge in [-0.1, -0.05) is 18.2 Å². The summed E-state index contributed by atoms with van der Waals surface area (Å²) in [6.07, 6.45) is 2.34. The monoisotopic (exact) mass is 521 g/mol. The van der Waals surface area contributed by atoms with Crippen LogP contribution in [0, 0.1) is 0 Å². The van der Waals surface area contributed by atoms with Crippen LogP contribution in [0.2, 0.25) is 0 Å². The van der Waals surface area contributed by atoms with Crippen LogP contribution in [-0.4, -0.2) is 53.6 Å². The Morgan fingerprint density at radius 2 is 1.92 bits per heavy atom. The Morgan fingerprint density at radius 3 is 2.61 bits per heavy atom. The second-order valence-corrected chi connectivity index (χ2v) is 9.73. The smallest absolute Gasteiger partial charge is 0.317 e. The largest absolute Gasteiger partial charge is 0.359 e. The fraction of sp³-hybridized carbons (Fsp3) is 0.357. The van der Waals surface area contributed by atoms with Crippen LogP contribution in [0.1, 0.15) is 30.4 Å². The number of nitrogens with one attached hydrogen (secondary N) is 2. The number of benzene rings is 2. The van der Waals surface area contributed by atoms with Crippen LogP contribution in [0.4, 0.5) is 25.0 Å². The SMILES string of the molecule is CNC(=O)N1CCC(Nc2ccccc2)=C(C(N)N2CCCc3cc(-c4cnn(C)c4)c(C(F)F)cc32)C1. The van der Waals surface area contributed by atoms with Gasteiger partial charge < -0.3 is 26.2 Å². The first-order valence-corrected chi connectivity index (χ1v) is 12.8. The summed E-state index contributed by atoms with van der Waals surface area (Å²) >= 11 is 0. The predicted octanol–water partition coefficient (Wildman–Crippen LogP) is 4.47. The van der Waals surface area contributed by atoms with Gasteiger partial charge in [0.05, 0.1) is 6.20 Å². The van der Waals surface area contributed by atoms with Gasteiger partial charge in [0.15, 0.2) is 0 Å². The number of carbonyl (C=O) groups excluding carboxylic acids is 1. The van der Waals surface area contributed by atoms with E-state index < -0.39 is 12.6 Å². The lowest BCUT2D eigenvalue weighted by Crippen LogP contribution is -2.52. The Labute approximate surface area is 221 Å². The van der Waals surface area contributed by atoms with Crippen LogP contribution in [0.5, 0.6) is 0 Å². The van der Waals surface area contributed by atoms with Crippen molar-refractivity contribution in [3.8, 4) is 11.1 Å². The molecule has 2 aliphatic heterocycles. The van der Waals surface area contributed by atoms with Gasteiger partial charge in [-0.05, 0) is 48.2 Å². The van der Waals surface area contributed by atoms with E-state index in [1.54, 1.807) is 42.1 Å². The van der Waals surface area contributed by atoms with Gasteiger partial charge in [0.25, 0.3) is 6.43 Å². The number of alkyl halides is 2. The van der Waals surface area contributed by atoms with Crippen molar-refractivity contribution < 1.29 is 13.6 Å². The molecule has 5 rings (SSSR count). The molecule has 0 fully saturated rings. The molecule has 2 amide bonds. The first-order chi connectivity index (χ1) is 18.4. The Kier molecular flexibility index (Phi) is 7.33. The zero-order valence-corrected chi connectivity index (χ0v) is 21.6. The highest BCUT2D eigenvalue weighted by Crippen LogP contribution is 2.40. The van der Waals surface area contributed by atoms with E-state index in [-0.39, 0.29) is 11.6 Å². The summed E-state index contributed by atoms with van der Waals surface area (Å²) in [6, 6.07) is 13.1. The lowest BCUT2D eigenvalue weighted by molar-refractivity contribution is 0.152. The second kappa shape index (κ2) is 10.8. The lowest BCUT2D eigenvalue weighted by Gasteiger charge is -2.41. The quantitative estimate of drug-likeness (QED) is 0.445. The number of urea groups is 1. The second-order valence-electron chi connectivity index (χ2n) is 9.73. The van der Waals surface area contributed by atoms with Crippen molar-refractivity contribution in [2.24, 2.45) is 12.8 Å². The lowest BCUT2D eigenvalue weighted by atomic mass is 9.92. The number of hydrogen-bond donors (Lipinski definition) is 3. The topological polar surface area (TPSA) is 91.4 Å². The van der Waals surface area contributed by atoms with Crippen LogP contribution in [0.25, 0.3) is 11.1 Å². The van der Waals surface area contributed by atoms with Gasteiger partial charge in [-0.3, -0.25) is 4.68 Å². The molecule has 1 atom stereocenters. The number of carbonyl (C=O) groups is 1. The summed E-state index contributed by atoms with van der Waals surface area (Å²) in [5.41, 5.74) is 12.5. The van der Waals surface area contributed by atoms with Crippen LogP contribution < -0.4 is 21.3 Å². The third-order valence-electron chi connectivity index (χ3n) is 7.30. The van der Waals surface area contributed by atoms with Gasteiger partial charge in [-0.15, -0.1) is 0 Å². The molecule has 0 saturated carbocycles. The minimum absolute atomic E-state index is 0.0388. The highest BCUT2D eigenvalue weighted by atomic mass is 19.3. The first-order valence-electron chi connectivity index (χ1n) is 12.8. The molecule has 0 aliphatic carbocycles. The standard InChI is InChI=1S/C28H33F2N7O/c1-32-28(38)36-12-10-24(34-20-8-4-3-5-9-20)23(17-36)27(31)37-11-6-7-18-13-21(19-15-33-35(2)16-19)22(26(29)30)14-25(18)37/h3-5,8-9,13-16,26-27,34H,6-7,10-12,17,31H2,1-2H3,(H,32,38). The number of halogens is 2. The number of rotatable bonds is 6. The number of fused-ring (bicyclic) bond motifs is 1. The van der Waals surface area contributed by atoms with E-state index in [1.165, 1.54) is 0 Å². The number of nitrogens with zero attached hydrogens (tertiary/aromatic N) is 4. The Morgan fingerprint density at radius 1 is 1.13 bits per heavy atom. The Balaban J connectivity index is 1.54. The molecule has 3 aromatic rings. The van der Waals surface area contributed by atoms with E-state index >= 15 is 0 Å². The minimum Gasteiger partial charge on any atom is -0.359 e. The van der Waals surface area contributed by atoms with Crippen molar-refractivity contribution >= 4 is 17.4 Å². The summed E-state index contributed by atoms with van der Waals surface area (Å²) in [4.78, 5) is 16.2. The van der Waals surface area contributed by atoms with E-state index in [4.69, 9.17) is 5.73 Å². The van der Waals surface area contributed by atoms with Gasteiger partial charge >= 0.3 is 6.03 Å². The van der Waals surface area contributed by atoms with Crippen LogP contribution in [0.3, 0.4) is 0 Å². The number of aryl methyl sites for hydroxylation is 2. The van der Waals surface area contributed by atoms with Crippen molar-refractivity contribution in [2.75, 3.05) is 36.9 Å². The third-order valence-corrected chi connectivity index (χ3v) is 7.30. The summed E-state index contributed by atoms with van der Waals surface area (Å²) in [5.74, 6) is 0. The summed E-state index contributed by atoms with van der Waals surface area (Å²) in [5, 5.41) is 10.4. The molecule has 3 heterocycles. The zero-order chi connectivity index (χ0) is 26.8. The Hall–Kier alpha value is -3.92. The van der Waals surface area contributed by atoms with Crippen molar-refractivity contribution in [1.82, 2.24) is 20.0 Å². The highest BCUT2D eigenvalue weighted by Gasteiger charge is 2.32. The molecule has 8 nitrogen and oxygen atoms in total. The molecule has 0 bridgehead atoms. The molecule has 0 radical (unpaired) electrons. The molecular weight excluding hydrogens is 488 g/mol. The van der Waals surface area contributed by atoms with Crippen molar-refractivity contribution in [3.05, 3.63) is 77.3 Å². The molecule has 0 saturated heterocycles. The van der Waals surface area contributed by atoms with Crippen molar-refractivity contribution in [2.45, 2.75) is 31.9 Å². The molecular formula is C28H33F2N7O. The van der Waals surface area contributed by atoms with Crippen molar-refractivity contribution in [3.63, 3.8) is 0 Å². The average Bonchev–Trinajstić information content (AvgIpc) is 3.38. The molecule has 200 valence electrons. The van der Waals surface area contributed by atoms with E-state index in [2.05, 4.69) is 15.7 Å². The fourth-order valence-corrected chi connectivity index (χ4v) is 5.37. The fourth-order valence-electron chi connectivity index (χ4n) is 5.37. The number of nitrogens with two attached hydrogens (primary N) is 1. The van der Waals surface area contributed by atoms with Gasteiger partial charge in [0, 0.05) is 80.1 Å². The molecule has 4 N–H and O–H groups in total. The normalized spacial score (nSPS) is 16.5. The van der Waals surface area contributed by atoms with Gasteiger partial charge in [-0.25, -0.2) is 13.6 Å². The van der Waals surface area contributed by atoms with Crippen LogP contribution in [0.15, 0.2) is 66.1 Å². The van der Waals surface area contributed by atoms with E-state index in [1.807, 2.05) is 41.3 Å². The number of aromatic nitrogens is 2. The Bertz CT molecular complexity index is 1340. The van der Waals surface area contributed by atoms with E-state index in [9.17, 15) is 13.6 Å². The molecule has 2 aromatic carbocycles. The number of hydrogen-bond acceptors (Lipinski definition) is 5. The zero-order valence-electron chi connectivity index (χ0n) is 21.6. The van der Waals surface area contributed by atoms with Gasteiger partial charge in [0.2, 0.25) is 0 Å². The molecule has 1 aromatic heterocycles. The minimum atomic E-state index is -2.65. The molecule has 38 heavy (non-hydrogen) atoms. The van der Waals surface area contributed by atoms with Gasteiger partial charge in [-0.2, -0.15) is 5.10 Å². The third kappa shape index (κ3) is 5.08. The highest BCUT2D eigenvalue weighted by molar-refractivity contribution is 5.75. The van der Waals surface area contributed by atoms with Crippen LogP contribution >= 0.6 is 0 Å². The number of amides is 2. The van der Waals surface area contributed by atoms with Crippen molar-refractivity contribution in [1.29, 1.82) is 0 Å². The average molecular weight is 522 g/mol. The van der Waals surface area contributed by atoms with E-state index in [0.29, 0.717) is 37.2 Å². The molecule has 10 heteroatoms. The van der Waals surface area contributed by atoms with E-state index in [0.717, 1.165) is 41.1 Å². The summed E-state index contributed by atoms with van der Waals surface area (Å²) < 4.78 is 30.2. The maximum atomic E-state index is 14.3.